The summed E-state index contributed by atoms with van der Waals surface area (Å²) in [4.78, 5) is 25.3. The third kappa shape index (κ3) is 6.67. The van der Waals surface area contributed by atoms with Crippen LogP contribution in [0.2, 0.25) is 0 Å². The molecule has 0 bridgehead atoms. The molecular formula is C22H19N3O2S2. The summed E-state index contributed by atoms with van der Waals surface area (Å²) in [7, 11) is 0. The maximum absolute atomic E-state index is 12.4. The molecule has 0 aliphatic carbocycles. The zero-order valence-corrected chi connectivity index (χ0v) is 17.1. The summed E-state index contributed by atoms with van der Waals surface area (Å²) in [6.07, 6.45) is 3.15. The first-order valence-corrected chi connectivity index (χ1v) is 10.1. The molecule has 29 heavy (non-hydrogen) atoms. The van der Waals surface area contributed by atoms with Crippen molar-refractivity contribution >= 4 is 52.2 Å². The quantitative estimate of drug-likeness (QED) is 0.412. The van der Waals surface area contributed by atoms with Gasteiger partial charge in [-0.2, -0.15) is 0 Å². The number of benzene rings is 2. The highest BCUT2D eigenvalue weighted by atomic mass is 32.1. The van der Waals surface area contributed by atoms with Crippen molar-refractivity contribution in [3.8, 4) is 0 Å². The molecule has 1 heterocycles. The van der Waals surface area contributed by atoms with Crippen molar-refractivity contribution in [2.24, 2.45) is 0 Å². The first kappa shape index (κ1) is 20.4. The molecule has 0 aliphatic heterocycles. The molecule has 0 saturated heterocycles. The first-order valence-electron chi connectivity index (χ1n) is 8.86. The SMILES string of the molecule is O=C(/C=C/c1cccs1)NC(=S)Nc1cccc(C(=O)NCc2ccccc2)c1. The number of carbonyl (C=O) groups excluding carboxylic acids is 2. The van der Waals surface area contributed by atoms with Crippen molar-refractivity contribution in [1.29, 1.82) is 0 Å². The normalized spacial score (nSPS) is 10.5. The predicted molar refractivity (Wildman–Crippen MR) is 122 cm³/mol. The molecule has 0 aliphatic rings. The van der Waals surface area contributed by atoms with Crippen LogP contribution in [-0.4, -0.2) is 16.9 Å². The van der Waals surface area contributed by atoms with Crippen molar-refractivity contribution in [3.05, 3.63) is 94.2 Å². The van der Waals surface area contributed by atoms with Gasteiger partial charge in [0.1, 0.15) is 0 Å². The van der Waals surface area contributed by atoms with Crippen LogP contribution in [0.15, 0.2) is 78.2 Å². The average Bonchev–Trinajstić information content (AvgIpc) is 3.25. The predicted octanol–water partition coefficient (Wildman–Crippen LogP) is 4.20. The number of rotatable bonds is 6. The highest BCUT2D eigenvalue weighted by molar-refractivity contribution is 7.80. The number of anilines is 1. The van der Waals surface area contributed by atoms with E-state index in [-0.39, 0.29) is 16.9 Å². The van der Waals surface area contributed by atoms with E-state index in [2.05, 4.69) is 16.0 Å². The minimum absolute atomic E-state index is 0.160. The molecule has 0 spiro atoms. The summed E-state index contributed by atoms with van der Waals surface area (Å²) >= 11 is 6.72. The topological polar surface area (TPSA) is 70.2 Å². The Labute approximate surface area is 178 Å². The average molecular weight is 422 g/mol. The number of carbonyl (C=O) groups is 2. The van der Waals surface area contributed by atoms with E-state index < -0.39 is 0 Å². The van der Waals surface area contributed by atoms with Crippen LogP contribution in [0.25, 0.3) is 6.08 Å². The van der Waals surface area contributed by atoms with E-state index in [0.717, 1.165) is 10.4 Å². The summed E-state index contributed by atoms with van der Waals surface area (Å²) in [5.41, 5.74) is 2.14. The van der Waals surface area contributed by atoms with Gasteiger partial charge >= 0.3 is 0 Å². The lowest BCUT2D eigenvalue weighted by Crippen LogP contribution is -2.32. The van der Waals surface area contributed by atoms with E-state index in [1.807, 2.05) is 47.8 Å². The van der Waals surface area contributed by atoms with Crippen molar-refractivity contribution in [2.45, 2.75) is 6.54 Å². The molecule has 7 heteroatoms. The van der Waals surface area contributed by atoms with Gasteiger partial charge < -0.3 is 10.6 Å². The van der Waals surface area contributed by atoms with E-state index in [1.54, 1.807) is 41.7 Å². The molecule has 1 aromatic heterocycles. The number of thiophene rings is 1. The van der Waals surface area contributed by atoms with Crippen LogP contribution in [0.3, 0.4) is 0 Å². The molecule has 146 valence electrons. The van der Waals surface area contributed by atoms with Crippen LogP contribution >= 0.6 is 23.6 Å². The monoisotopic (exact) mass is 421 g/mol. The second-order valence-electron chi connectivity index (χ2n) is 6.04. The Morgan fingerprint density at radius 1 is 1.00 bits per heavy atom. The van der Waals surface area contributed by atoms with Gasteiger partial charge in [-0.3, -0.25) is 14.9 Å². The number of thiocarbonyl (C=S) groups is 1. The Hall–Kier alpha value is -3.29. The lowest BCUT2D eigenvalue weighted by atomic mass is 10.1. The van der Waals surface area contributed by atoms with Crippen LogP contribution < -0.4 is 16.0 Å². The van der Waals surface area contributed by atoms with Crippen molar-refractivity contribution < 1.29 is 9.59 Å². The van der Waals surface area contributed by atoms with Gasteiger partial charge in [0.15, 0.2) is 5.11 Å². The Morgan fingerprint density at radius 2 is 1.83 bits per heavy atom. The molecule has 3 N–H and O–H groups in total. The molecule has 0 radical (unpaired) electrons. The number of nitrogens with one attached hydrogen (secondary N) is 3. The second-order valence-corrected chi connectivity index (χ2v) is 7.43. The van der Waals surface area contributed by atoms with Gasteiger partial charge in [0.05, 0.1) is 0 Å². The van der Waals surface area contributed by atoms with E-state index in [1.165, 1.54) is 6.08 Å². The summed E-state index contributed by atoms with van der Waals surface area (Å²) in [6, 6.07) is 20.4. The standard InChI is InChI=1S/C22H19N3O2S2/c26-20(12-11-19-10-5-13-29-19)25-22(28)24-18-9-4-8-17(14-18)21(27)23-15-16-6-2-1-3-7-16/h1-14H,15H2,(H,23,27)(H2,24,25,26,28)/b12-11+. The lowest BCUT2D eigenvalue weighted by molar-refractivity contribution is -0.115. The zero-order chi connectivity index (χ0) is 20.5. The second kappa shape index (κ2) is 10.3. The molecule has 0 saturated carbocycles. The van der Waals surface area contributed by atoms with Crippen LogP contribution in [0.4, 0.5) is 5.69 Å². The largest absolute Gasteiger partial charge is 0.348 e. The van der Waals surface area contributed by atoms with Crippen LogP contribution in [-0.2, 0) is 11.3 Å². The molecular weight excluding hydrogens is 402 g/mol. The molecule has 2 amide bonds. The number of hydrogen-bond acceptors (Lipinski definition) is 4. The highest BCUT2D eigenvalue weighted by Crippen LogP contribution is 2.12. The van der Waals surface area contributed by atoms with Gasteiger partial charge in [-0.05, 0) is 53.5 Å². The minimum Gasteiger partial charge on any atom is -0.348 e. The highest BCUT2D eigenvalue weighted by Gasteiger charge is 2.07. The zero-order valence-electron chi connectivity index (χ0n) is 15.4. The number of hydrogen-bond donors (Lipinski definition) is 3. The Bertz CT molecular complexity index is 1020. The van der Waals surface area contributed by atoms with Gasteiger partial charge in [-0.1, -0.05) is 42.5 Å². The maximum Gasteiger partial charge on any atom is 0.251 e. The van der Waals surface area contributed by atoms with Crippen molar-refractivity contribution in [3.63, 3.8) is 0 Å². The Balaban J connectivity index is 1.52. The summed E-state index contributed by atoms with van der Waals surface area (Å²) < 4.78 is 0. The summed E-state index contributed by atoms with van der Waals surface area (Å²) in [5.74, 6) is -0.515. The van der Waals surface area contributed by atoms with Gasteiger partial charge in [0.25, 0.3) is 5.91 Å². The van der Waals surface area contributed by atoms with E-state index in [0.29, 0.717) is 17.8 Å². The minimum atomic E-state index is -0.326. The molecule has 0 fully saturated rings. The van der Waals surface area contributed by atoms with Crippen molar-refractivity contribution in [1.82, 2.24) is 10.6 Å². The Kier molecular flexibility index (Phi) is 7.27. The lowest BCUT2D eigenvalue weighted by Gasteiger charge is -2.10. The van der Waals surface area contributed by atoms with Crippen LogP contribution in [0, 0.1) is 0 Å². The molecule has 5 nitrogen and oxygen atoms in total. The molecule has 0 unspecified atom stereocenters. The Morgan fingerprint density at radius 3 is 2.59 bits per heavy atom. The van der Waals surface area contributed by atoms with E-state index in [4.69, 9.17) is 12.2 Å². The van der Waals surface area contributed by atoms with Gasteiger partial charge in [0, 0.05) is 28.7 Å². The summed E-state index contributed by atoms with van der Waals surface area (Å²) in [5, 5.41) is 10.5. The smallest absolute Gasteiger partial charge is 0.251 e. The van der Waals surface area contributed by atoms with Gasteiger partial charge in [0.2, 0.25) is 5.91 Å². The van der Waals surface area contributed by atoms with E-state index in [9.17, 15) is 9.59 Å². The fourth-order valence-electron chi connectivity index (χ4n) is 2.48. The van der Waals surface area contributed by atoms with Crippen molar-refractivity contribution in [2.75, 3.05) is 5.32 Å². The third-order valence-corrected chi connectivity index (χ3v) is 4.90. The third-order valence-electron chi connectivity index (χ3n) is 3.86. The number of amides is 2. The fourth-order valence-corrected chi connectivity index (χ4v) is 3.31. The molecule has 3 rings (SSSR count). The van der Waals surface area contributed by atoms with Crippen LogP contribution in [0.1, 0.15) is 20.8 Å². The van der Waals surface area contributed by atoms with Crippen LogP contribution in [0.5, 0.6) is 0 Å². The first-order chi connectivity index (χ1) is 14.1. The van der Waals surface area contributed by atoms with E-state index >= 15 is 0 Å². The van der Waals surface area contributed by atoms with Gasteiger partial charge in [-0.25, -0.2) is 0 Å². The molecule has 2 aromatic carbocycles. The summed E-state index contributed by atoms with van der Waals surface area (Å²) in [6.45, 7) is 0.447. The molecule has 0 atom stereocenters. The fraction of sp³-hybridized carbons (Fsp3) is 0.0455. The molecule has 3 aromatic rings. The van der Waals surface area contributed by atoms with Gasteiger partial charge in [-0.15, -0.1) is 11.3 Å². The maximum atomic E-state index is 12.4.